The Bertz CT molecular complexity index is 426. The minimum Gasteiger partial charge on any atom is -0.399 e. The molecule has 0 heterocycles. The van der Waals surface area contributed by atoms with Gasteiger partial charge in [0.05, 0.1) is 12.2 Å². The Morgan fingerprint density at radius 2 is 2.26 bits per heavy atom. The highest BCUT2D eigenvalue weighted by Crippen LogP contribution is 2.24. The third-order valence-corrected chi connectivity index (χ3v) is 3.37. The summed E-state index contributed by atoms with van der Waals surface area (Å²) in [5.41, 5.74) is 6.99. The third kappa shape index (κ3) is 5.59. The van der Waals surface area contributed by atoms with Crippen molar-refractivity contribution in [1.29, 1.82) is 0 Å². The molecular formula is C13H20BrN3O2. The SMILES string of the molecule is CCN(CCCO)CC(=O)Nc1ccc(N)cc1Br. The predicted molar refractivity (Wildman–Crippen MR) is 81.0 cm³/mol. The van der Waals surface area contributed by atoms with Gasteiger partial charge in [-0.2, -0.15) is 0 Å². The van der Waals surface area contributed by atoms with Crippen LogP contribution in [0.4, 0.5) is 11.4 Å². The zero-order chi connectivity index (χ0) is 14.3. The Labute approximate surface area is 121 Å². The molecule has 0 aliphatic rings. The summed E-state index contributed by atoms with van der Waals surface area (Å²) in [7, 11) is 0. The van der Waals surface area contributed by atoms with E-state index < -0.39 is 0 Å². The number of nitrogens with two attached hydrogens (primary N) is 1. The number of anilines is 2. The molecule has 106 valence electrons. The molecule has 0 saturated carbocycles. The summed E-state index contributed by atoms with van der Waals surface area (Å²) < 4.78 is 0.763. The molecule has 0 aliphatic carbocycles. The van der Waals surface area contributed by atoms with E-state index in [1.54, 1.807) is 18.2 Å². The van der Waals surface area contributed by atoms with Gasteiger partial charge in [-0.15, -0.1) is 0 Å². The molecule has 0 saturated heterocycles. The number of aliphatic hydroxyl groups is 1. The second-order valence-electron chi connectivity index (χ2n) is 4.23. The first-order valence-corrected chi connectivity index (χ1v) is 7.04. The number of carbonyl (C=O) groups excluding carboxylic acids is 1. The first-order valence-electron chi connectivity index (χ1n) is 6.25. The van der Waals surface area contributed by atoms with Crippen LogP contribution in [0.25, 0.3) is 0 Å². The molecule has 0 unspecified atom stereocenters. The van der Waals surface area contributed by atoms with Gasteiger partial charge in [0.15, 0.2) is 0 Å². The second-order valence-corrected chi connectivity index (χ2v) is 5.09. The Kier molecular flexibility index (Phi) is 6.83. The molecule has 19 heavy (non-hydrogen) atoms. The molecule has 5 nitrogen and oxygen atoms in total. The summed E-state index contributed by atoms with van der Waals surface area (Å²) in [5, 5.41) is 11.6. The van der Waals surface area contributed by atoms with Crippen LogP contribution < -0.4 is 11.1 Å². The van der Waals surface area contributed by atoms with Gasteiger partial charge in [0.1, 0.15) is 0 Å². The van der Waals surface area contributed by atoms with Crippen molar-refractivity contribution in [3.63, 3.8) is 0 Å². The third-order valence-electron chi connectivity index (χ3n) is 2.71. The number of carbonyl (C=O) groups is 1. The van der Waals surface area contributed by atoms with Gasteiger partial charge in [0.25, 0.3) is 0 Å². The van der Waals surface area contributed by atoms with E-state index in [0.717, 1.165) is 11.0 Å². The number of benzene rings is 1. The number of rotatable bonds is 7. The van der Waals surface area contributed by atoms with E-state index in [1.807, 2.05) is 11.8 Å². The average Bonchev–Trinajstić information content (AvgIpc) is 2.38. The number of nitrogens with one attached hydrogen (secondary N) is 1. The number of halogens is 1. The molecule has 6 heteroatoms. The van der Waals surface area contributed by atoms with E-state index in [9.17, 15) is 4.79 Å². The van der Waals surface area contributed by atoms with E-state index in [2.05, 4.69) is 21.2 Å². The monoisotopic (exact) mass is 329 g/mol. The Hall–Kier alpha value is -1.11. The number of likely N-dealkylation sites (N-methyl/N-ethyl adjacent to an activating group) is 1. The van der Waals surface area contributed by atoms with Crippen molar-refractivity contribution in [2.75, 3.05) is 37.3 Å². The Morgan fingerprint density at radius 3 is 2.84 bits per heavy atom. The van der Waals surface area contributed by atoms with Crippen molar-refractivity contribution in [2.45, 2.75) is 13.3 Å². The van der Waals surface area contributed by atoms with E-state index in [0.29, 0.717) is 30.9 Å². The molecular weight excluding hydrogens is 310 g/mol. The van der Waals surface area contributed by atoms with Crippen LogP contribution in [-0.4, -0.2) is 42.2 Å². The topological polar surface area (TPSA) is 78.6 Å². The molecule has 1 rings (SSSR count). The maximum absolute atomic E-state index is 11.9. The average molecular weight is 330 g/mol. The van der Waals surface area contributed by atoms with Crippen LogP contribution >= 0.6 is 15.9 Å². The Morgan fingerprint density at radius 1 is 1.53 bits per heavy atom. The molecule has 0 bridgehead atoms. The van der Waals surface area contributed by atoms with Crippen molar-refractivity contribution >= 4 is 33.2 Å². The summed E-state index contributed by atoms with van der Waals surface area (Å²) in [6, 6.07) is 5.25. The molecule has 1 amide bonds. The zero-order valence-electron chi connectivity index (χ0n) is 11.0. The lowest BCUT2D eigenvalue weighted by molar-refractivity contribution is -0.117. The highest BCUT2D eigenvalue weighted by molar-refractivity contribution is 9.10. The van der Waals surface area contributed by atoms with Gasteiger partial charge in [-0.1, -0.05) is 6.92 Å². The van der Waals surface area contributed by atoms with Crippen LogP contribution in [0.1, 0.15) is 13.3 Å². The maximum Gasteiger partial charge on any atom is 0.238 e. The molecule has 0 fully saturated rings. The van der Waals surface area contributed by atoms with Gasteiger partial charge in [-0.25, -0.2) is 0 Å². The second kappa shape index (κ2) is 8.14. The molecule has 1 aromatic rings. The van der Waals surface area contributed by atoms with E-state index in [-0.39, 0.29) is 12.5 Å². The van der Waals surface area contributed by atoms with Crippen molar-refractivity contribution in [1.82, 2.24) is 4.90 Å². The van der Waals surface area contributed by atoms with Gasteiger partial charge in [0, 0.05) is 23.3 Å². The smallest absolute Gasteiger partial charge is 0.238 e. The fraction of sp³-hybridized carbons (Fsp3) is 0.462. The van der Waals surface area contributed by atoms with Crippen LogP contribution in [-0.2, 0) is 4.79 Å². The molecule has 0 aromatic heterocycles. The van der Waals surface area contributed by atoms with E-state index in [4.69, 9.17) is 10.8 Å². The normalized spacial score (nSPS) is 10.7. The number of amides is 1. The van der Waals surface area contributed by atoms with Crippen LogP contribution in [0, 0.1) is 0 Å². The molecule has 1 aromatic carbocycles. The van der Waals surface area contributed by atoms with Crippen molar-refractivity contribution in [3.05, 3.63) is 22.7 Å². The number of nitrogen functional groups attached to an aromatic ring is 1. The maximum atomic E-state index is 11.9. The molecule has 0 atom stereocenters. The van der Waals surface area contributed by atoms with Gasteiger partial charge < -0.3 is 16.2 Å². The van der Waals surface area contributed by atoms with Crippen molar-refractivity contribution in [3.8, 4) is 0 Å². The fourth-order valence-corrected chi connectivity index (χ4v) is 2.16. The molecule has 0 spiro atoms. The minimum atomic E-state index is -0.0785. The standard InChI is InChI=1S/C13H20BrN3O2/c1-2-17(6-3-7-18)9-13(19)16-12-5-4-10(15)8-11(12)14/h4-5,8,18H,2-3,6-7,9,15H2,1H3,(H,16,19). The van der Waals surface area contributed by atoms with Gasteiger partial charge in [-0.3, -0.25) is 9.69 Å². The van der Waals surface area contributed by atoms with E-state index >= 15 is 0 Å². The quantitative estimate of drug-likeness (QED) is 0.665. The number of nitrogens with zero attached hydrogens (tertiary/aromatic N) is 1. The van der Waals surface area contributed by atoms with E-state index in [1.165, 1.54) is 0 Å². The van der Waals surface area contributed by atoms with Crippen LogP contribution in [0.2, 0.25) is 0 Å². The van der Waals surface area contributed by atoms with Crippen LogP contribution in [0.3, 0.4) is 0 Å². The van der Waals surface area contributed by atoms with Crippen molar-refractivity contribution < 1.29 is 9.90 Å². The first-order chi connectivity index (χ1) is 9.06. The Balaban J connectivity index is 2.54. The lowest BCUT2D eigenvalue weighted by atomic mass is 10.3. The summed E-state index contributed by atoms with van der Waals surface area (Å²) >= 11 is 3.36. The van der Waals surface area contributed by atoms with Crippen LogP contribution in [0.5, 0.6) is 0 Å². The van der Waals surface area contributed by atoms with Gasteiger partial charge >= 0.3 is 0 Å². The molecule has 4 N–H and O–H groups in total. The molecule has 0 aliphatic heterocycles. The number of hydrogen-bond acceptors (Lipinski definition) is 4. The summed E-state index contributed by atoms with van der Waals surface area (Å²) in [6.45, 7) is 3.93. The van der Waals surface area contributed by atoms with Gasteiger partial charge in [-0.05, 0) is 47.1 Å². The fourth-order valence-electron chi connectivity index (χ4n) is 1.67. The largest absolute Gasteiger partial charge is 0.399 e. The zero-order valence-corrected chi connectivity index (χ0v) is 12.6. The first kappa shape index (κ1) is 15.9. The predicted octanol–water partition coefficient (Wildman–Crippen LogP) is 1.67. The highest BCUT2D eigenvalue weighted by Gasteiger charge is 2.10. The summed E-state index contributed by atoms with van der Waals surface area (Å²) in [5.74, 6) is -0.0785. The lowest BCUT2D eigenvalue weighted by Crippen LogP contribution is -2.34. The molecule has 0 radical (unpaired) electrons. The minimum absolute atomic E-state index is 0.0785. The van der Waals surface area contributed by atoms with Crippen LogP contribution in [0.15, 0.2) is 22.7 Å². The summed E-state index contributed by atoms with van der Waals surface area (Å²) in [4.78, 5) is 13.9. The number of hydrogen-bond donors (Lipinski definition) is 3. The number of aliphatic hydroxyl groups excluding tert-OH is 1. The summed E-state index contributed by atoms with van der Waals surface area (Å²) in [6.07, 6.45) is 0.673. The van der Waals surface area contributed by atoms with Gasteiger partial charge in [0.2, 0.25) is 5.91 Å². The lowest BCUT2D eigenvalue weighted by Gasteiger charge is -2.19. The van der Waals surface area contributed by atoms with Crippen molar-refractivity contribution in [2.24, 2.45) is 0 Å². The highest BCUT2D eigenvalue weighted by atomic mass is 79.9.